The van der Waals surface area contributed by atoms with Gasteiger partial charge < -0.3 is 9.26 Å². The predicted molar refractivity (Wildman–Crippen MR) is 79.4 cm³/mol. The zero-order chi connectivity index (χ0) is 15.4. The summed E-state index contributed by atoms with van der Waals surface area (Å²) in [6.07, 6.45) is 2.36. The minimum absolute atomic E-state index is 0.355. The van der Waals surface area contributed by atoms with Crippen LogP contribution in [0.15, 0.2) is 35.0 Å². The lowest BCUT2D eigenvalue weighted by Crippen LogP contribution is -1.99. The van der Waals surface area contributed by atoms with Gasteiger partial charge in [-0.1, -0.05) is 34.1 Å². The second-order valence-corrected chi connectivity index (χ2v) is 5.12. The fourth-order valence-corrected chi connectivity index (χ4v) is 2.03. The Labute approximate surface area is 131 Å². The highest BCUT2D eigenvalue weighted by Gasteiger charge is 2.12. The number of nitrogens with zero attached hydrogens (tertiary/aromatic N) is 5. The van der Waals surface area contributed by atoms with Gasteiger partial charge in [0.1, 0.15) is 0 Å². The van der Waals surface area contributed by atoms with Crippen molar-refractivity contribution in [2.75, 3.05) is 13.7 Å². The van der Waals surface area contributed by atoms with Gasteiger partial charge >= 0.3 is 0 Å². The second-order valence-electron chi connectivity index (χ2n) is 4.69. The highest BCUT2D eigenvalue weighted by molar-refractivity contribution is 6.30. The zero-order valence-corrected chi connectivity index (χ0v) is 12.7. The van der Waals surface area contributed by atoms with E-state index in [4.69, 9.17) is 20.9 Å². The van der Waals surface area contributed by atoms with Gasteiger partial charge in [0.25, 0.3) is 5.89 Å². The summed E-state index contributed by atoms with van der Waals surface area (Å²) in [7, 11) is 1.63. The van der Waals surface area contributed by atoms with Gasteiger partial charge in [0.2, 0.25) is 0 Å². The summed E-state index contributed by atoms with van der Waals surface area (Å²) in [5, 5.41) is 12.7. The Morgan fingerprint density at radius 3 is 2.86 bits per heavy atom. The SMILES string of the molecule is COCCc1noc(-c2cn(Cc3ccc(Cl)cc3)nn2)n1. The van der Waals surface area contributed by atoms with Crippen LogP contribution in [0.4, 0.5) is 0 Å². The first-order valence-corrected chi connectivity index (χ1v) is 7.09. The Balaban J connectivity index is 1.70. The summed E-state index contributed by atoms with van der Waals surface area (Å²) in [5.41, 5.74) is 1.62. The minimum Gasteiger partial charge on any atom is -0.384 e. The molecule has 8 heteroatoms. The topological polar surface area (TPSA) is 78.9 Å². The molecule has 0 fully saturated rings. The molecule has 0 aliphatic carbocycles. The molecule has 7 nitrogen and oxygen atoms in total. The molecule has 0 N–H and O–H groups in total. The normalized spacial score (nSPS) is 11.0. The quantitative estimate of drug-likeness (QED) is 0.693. The summed E-state index contributed by atoms with van der Waals surface area (Å²) in [5.74, 6) is 0.942. The molecule has 0 atom stereocenters. The average Bonchev–Trinajstić information content (AvgIpc) is 3.16. The Hall–Kier alpha value is -2.25. The minimum atomic E-state index is 0.355. The first kappa shape index (κ1) is 14.7. The molecule has 2 heterocycles. The number of ether oxygens (including phenoxy) is 1. The van der Waals surface area contributed by atoms with E-state index in [1.54, 1.807) is 18.0 Å². The van der Waals surface area contributed by atoms with Gasteiger partial charge in [-0.3, -0.25) is 0 Å². The van der Waals surface area contributed by atoms with Crippen LogP contribution in [-0.4, -0.2) is 38.9 Å². The highest BCUT2D eigenvalue weighted by atomic mass is 35.5. The van der Waals surface area contributed by atoms with E-state index in [-0.39, 0.29) is 0 Å². The monoisotopic (exact) mass is 319 g/mol. The molecule has 0 saturated carbocycles. The van der Waals surface area contributed by atoms with Gasteiger partial charge in [0.05, 0.1) is 19.3 Å². The van der Waals surface area contributed by atoms with Crippen molar-refractivity contribution in [2.45, 2.75) is 13.0 Å². The fourth-order valence-electron chi connectivity index (χ4n) is 1.90. The van der Waals surface area contributed by atoms with Gasteiger partial charge in [0.15, 0.2) is 11.5 Å². The number of hydrogen-bond donors (Lipinski definition) is 0. The number of hydrogen-bond acceptors (Lipinski definition) is 6. The molecule has 1 aromatic carbocycles. The Bertz CT molecular complexity index is 738. The van der Waals surface area contributed by atoms with E-state index >= 15 is 0 Å². The van der Waals surface area contributed by atoms with Gasteiger partial charge in [-0.15, -0.1) is 5.10 Å². The second kappa shape index (κ2) is 6.67. The van der Waals surface area contributed by atoms with E-state index in [1.807, 2.05) is 24.3 Å². The van der Waals surface area contributed by atoms with Crippen LogP contribution in [0.25, 0.3) is 11.6 Å². The molecule has 0 unspecified atom stereocenters. The molecule has 0 aliphatic heterocycles. The summed E-state index contributed by atoms with van der Waals surface area (Å²) in [6, 6.07) is 7.57. The van der Waals surface area contributed by atoms with Crippen molar-refractivity contribution in [2.24, 2.45) is 0 Å². The molecule has 0 aliphatic rings. The molecule has 0 radical (unpaired) electrons. The van der Waals surface area contributed by atoms with Gasteiger partial charge in [0, 0.05) is 18.6 Å². The van der Waals surface area contributed by atoms with E-state index in [2.05, 4.69) is 20.5 Å². The smallest absolute Gasteiger partial charge is 0.280 e. The number of aromatic nitrogens is 5. The van der Waals surface area contributed by atoms with Crippen molar-refractivity contribution in [1.29, 1.82) is 0 Å². The summed E-state index contributed by atoms with van der Waals surface area (Å²) >= 11 is 5.87. The molecular weight excluding hydrogens is 306 g/mol. The van der Waals surface area contributed by atoms with Crippen LogP contribution in [-0.2, 0) is 17.7 Å². The fraction of sp³-hybridized carbons (Fsp3) is 0.286. The van der Waals surface area contributed by atoms with Gasteiger partial charge in [-0.25, -0.2) is 4.68 Å². The zero-order valence-electron chi connectivity index (χ0n) is 11.9. The first-order valence-electron chi connectivity index (χ1n) is 6.71. The van der Waals surface area contributed by atoms with Crippen molar-refractivity contribution >= 4 is 11.6 Å². The number of benzene rings is 1. The maximum atomic E-state index is 5.87. The molecule has 3 rings (SSSR count). The maximum absolute atomic E-state index is 5.87. The van der Waals surface area contributed by atoms with Crippen LogP contribution in [0.2, 0.25) is 5.02 Å². The molecule has 3 aromatic rings. The third kappa shape index (κ3) is 3.49. The van der Waals surface area contributed by atoms with Crippen molar-refractivity contribution in [3.05, 3.63) is 46.9 Å². The van der Waals surface area contributed by atoms with Crippen molar-refractivity contribution < 1.29 is 9.26 Å². The van der Waals surface area contributed by atoms with E-state index in [0.29, 0.717) is 42.0 Å². The van der Waals surface area contributed by atoms with Gasteiger partial charge in [-0.05, 0) is 17.7 Å². The van der Waals surface area contributed by atoms with Crippen LogP contribution in [0.5, 0.6) is 0 Å². The summed E-state index contributed by atoms with van der Waals surface area (Å²) in [6.45, 7) is 1.14. The molecule has 114 valence electrons. The Morgan fingerprint density at radius 1 is 1.27 bits per heavy atom. The third-order valence-corrected chi connectivity index (χ3v) is 3.27. The van der Waals surface area contributed by atoms with Crippen LogP contribution in [0, 0.1) is 0 Å². The van der Waals surface area contributed by atoms with Crippen molar-refractivity contribution in [3.63, 3.8) is 0 Å². The van der Waals surface area contributed by atoms with E-state index in [0.717, 1.165) is 5.56 Å². The third-order valence-electron chi connectivity index (χ3n) is 3.01. The maximum Gasteiger partial charge on any atom is 0.280 e. The summed E-state index contributed by atoms with van der Waals surface area (Å²) < 4.78 is 11.9. The van der Waals surface area contributed by atoms with Gasteiger partial charge in [-0.2, -0.15) is 4.98 Å². The molecule has 0 saturated heterocycles. The summed E-state index contributed by atoms with van der Waals surface area (Å²) in [4.78, 5) is 4.26. The molecule has 2 aromatic heterocycles. The van der Waals surface area contributed by atoms with E-state index in [1.165, 1.54) is 0 Å². The highest BCUT2D eigenvalue weighted by Crippen LogP contribution is 2.15. The lowest BCUT2D eigenvalue weighted by Gasteiger charge is -2.00. The van der Waals surface area contributed by atoms with E-state index in [9.17, 15) is 0 Å². The first-order chi connectivity index (χ1) is 10.7. The van der Waals surface area contributed by atoms with Crippen LogP contribution in [0.1, 0.15) is 11.4 Å². The molecule has 0 amide bonds. The Kier molecular flexibility index (Phi) is 4.45. The lowest BCUT2D eigenvalue weighted by molar-refractivity contribution is 0.199. The molecule has 0 spiro atoms. The average molecular weight is 320 g/mol. The van der Waals surface area contributed by atoms with Crippen LogP contribution in [0.3, 0.4) is 0 Å². The number of rotatable bonds is 6. The van der Waals surface area contributed by atoms with Crippen LogP contribution >= 0.6 is 11.6 Å². The van der Waals surface area contributed by atoms with Crippen molar-refractivity contribution in [3.8, 4) is 11.6 Å². The molecule has 22 heavy (non-hydrogen) atoms. The van der Waals surface area contributed by atoms with Crippen LogP contribution < -0.4 is 0 Å². The lowest BCUT2D eigenvalue weighted by atomic mass is 10.2. The number of halogens is 1. The predicted octanol–water partition coefficient (Wildman–Crippen LogP) is 2.22. The molecule has 0 bridgehead atoms. The molecular formula is C14H14ClN5O2. The largest absolute Gasteiger partial charge is 0.384 e. The van der Waals surface area contributed by atoms with E-state index < -0.39 is 0 Å². The standard InChI is InChI=1S/C14H14ClN5O2/c1-21-7-6-13-16-14(22-18-13)12-9-20(19-17-12)8-10-2-4-11(15)5-3-10/h2-5,9H,6-8H2,1H3. The Morgan fingerprint density at radius 2 is 2.09 bits per heavy atom. The van der Waals surface area contributed by atoms with Crippen molar-refractivity contribution in [1.82, 2.24) is 25.1 Å². The number of methoxy groups -OCH3 is 1.